The van der Waals surface area contributed by atoms with E-state index in [9.17, 15) is 13.2 Å². The Kier molecular flexibility index (Phi) is 5.12. The van der Waals surface area contributed by atoms with Gasteiger partial charge < -0.3 is 9.73 Å². The SMILES string of the molecule is O=C(NCc1ccco1)c1ccc(NS(=O)(=O)c2ccc(Cl)s2)cc1. The van der Waals surface area contributed by atoms with Crippen LogP contribution in [0.1, 0.15) is 16.1 Å². The van der Waals surface area contributed by atoms with E-state index >= 15 is 0 Å². The van der Waals surface area contributed by atoms with Crippen molar-refractivity contribution in [2.75, 3.05) is 4.72 Å². The van der Waals surface area contributed by atoms with E-state index < -0.39 is 10.0 Å². The van der Waals surface area contributed by atoms with Gasteiger partial charge in [0.2, 0.25) is 0 Å². The van der Waals surface area contributed by atoms with Gasteiger partial charge >= 0.3 is 0 Å². The molecule has 1 aromatic carbocycles. The molecule has 0 fully saturated rings. The molecule has 0 atom stereocenters. The van der Waals surface area contributed by atoms with Gasteiger partial charge in [-0.3, -0.25) is 9.52 Å². The summed E-state index contributed by atoms with van der Waals surface area (Å²) in [6.07, 6.45) is 1.53. The summed E-state index contributed by atoms with van der Waals surface area (Å²) in [7, 11) is -3.69. The number of furan rings is 1. The Labute approximate surface area is 153 Å². The standard InChI is InChI=1S/C16H13ClN2O4S2/c17-14-7-8-15(24-14)25(21,22)19-12-5-3-11(4-6-12)16(20)18-10-13-2-1-9-23-13/h1-9,19H,10H2,(H,18,20). The third kappa shape index (κ3) is 4.41. The van der Waals surface area contributed by atoms with Crippen molar-refractivity contribution in [3.05, 3.63) is 70.5 Å². The van der Waals surface area contributed by atoms with Crippen molar-refractivity contribution in [2.24, 2.45) is 0 Å². The Morgan fingerprint density at radius 2 is 1.88 bits per heavy atom. The number of nitrogens with one attached hydrogen (secondary N) is 2. The number of hydrogen-bond acceptors (Lipinski definition) is 5. The van der Waals surface area contributed by atoms with E-state index in [1.54, 1.807) is 12.1 Å². The first-order valence-corrected chi connectivity index (χ1v) is 9.80. The highest BCUT2D eigenvalue weighted by molar-refractivity contribution is 7.94. The van der Waals surface area contributed by atoms with E-state index in [0.29, 0.717) is 21.3 Å². The van der Waals surface area contributed by atoms with Crippen molar-refractivity contribution in [3.8, 4) is 0 Å². The first-order valence-electron chi connectivity index (χ1n) is 7.13. The summed E-state index contributed by atoms with van der Waals surface area (Å²) in [5.74, 6) is 0.364. The average molecular weight is 397 g/mol. The molecule has 3 rings (SSSR count). The normalized spacial score (nSPS) is 11.2. The van der Waals surface area contributed by atoms with E-state index in [1.165, 1.54) is 42.7 Å². The molecule has 1 amide bonds. The van der Waals surface area contributed by atoms with E-state index in [2.05, 4.69) is 10.0 Å². The van der Waals surface area contributed by atoms with Crippen LogP contribution in [0.5, 0.6) is 0 Å². The van der Waals surface area contributed by atoms with E-state index in [4.69, 9.17) is 16.0 Å². The van der Waals surface area contributed by atoms with Gasteiger partial charge in [-0.15, -0.1) is 11.3 Å². The highest BCUT2D eigenvalue weighted by Gasteiger charge is 2.17. The van der Waals surface area contributed by atoms with Gasteiger partial charge in [0.15, 0.2) is 0 Å². The fourth-order valence-electron chi connectivity index (χ4n) is 2.02. The summed E-state index contributed by atoms with van der Waals surface area (Å²) < 4.78 is 32.5. The minimum atomic E-state index is -3.69. The van der Waals surface area contributed by atoms with Crippen molar-refractivity contribution in [1.82, 2.24) is 5.32 Å². The molecule has 2 N–H and O–H groups in total. The van der Waals surface area contributed by atoms with Gasteiger partial charge in [0, 0.05) is 11.3 Å². The molecule has 0 spiro atoms. The number of sulfonamides is 1. The lowest BCUT2D eigenvalue weighted by Gasteiger charge is -2.07. The number of benzene rings is 1. The molecule has 0 aliphatic heterocycles. The van der Waals surface area contributed by atoms with Gasteiger partial charge in [0.25, 0.3) is 15.9 Å². The Morgan fingerprint density at radius 1 is 1.12 bits per heavy atom. The van der Waals surface area contributed by atoms with Crippen LogP contribution in [-0.4, -0.2) is 14.3 Å². The maximum atomic E-state index is 12.2. The van der Waals surface area contributed by atoms with Gasteiger partial charge in [0.1, 0.15) is 9.97 Å². The Hall–Kier alpha value is -2.29. The lowest BCUT2D eigenvalue weighted by molar-refractivity contribution is 0.0948. The van der Waals surface area contributed by atoms with Gasteiger partial charge in [-0.05, 0) is 48.5 Å². The van der Waals surface area contributed by atoms with Crippen LogP contribution in [0.3, 0.4) is 0 Å². The van der Waals surface area contributed by atoms with Crippen molar-refractivity contribution >= 4 is 44.6 Å². The molecule has 0 saturated heterocycles. The third-order valence-corrected chi connectivity index (χ3v) is 6.32. The number of thiophene rings is 1. The van der Waals surface area contributed by atoms with Crippen molar-refractivity contribution in [1.29, 1.82) is 0 Å². The largest absolute Gasteiger partial charge is 0.467 e. The summed E-state index contributed by atoms with van der Waals surface area (Å²) in [4.78, 5) is 12.1. The summed E-state index contributed by atoms with van der Waals surface area (Å²) >= 11 is 6.74. The van der Waals surface area contributed by atoms with Gasteiger partial charge in [-0.25, -0.2) is 8.42 Å². The van der Waals surface area contributed by atoms with E-state index in [0.717, 1.165) is 11.3 Å². The molecule has 2 heterocycles. The zero-order valence-corrected chi connectivity index (χ0v) is 15.1. The molecular weight excluding hydrogens is 384 g/mol. The number of amides is 1. The number of rotatable bonds is 6. The molecule has 0 saturated carbocycles. The van der Waals surface area contributed by atoms with Gasteiger partial charge in [-0.1, -0.05) is 11.6 Å². The molecule has 0 radical (unpaired) electrons. The number of carbonyl (C=O) groups excluding carboxylic acids is 1. The van der Waals surface area contributed by atoms with Crippen LogP contribution in [-0.2, 0) is 16.6 Å². The lowest BCUT2D eigenvalue weighted by Crippen LogP contribution is -2.22. The highest BCUT2D eigenvalue weighted by Crippen LogP contribution is 2.27. The molecule has 0 aliphatic carbocycles. The summed E-state index contributed by atoms with van der Waals surface area (Å²) in [6.45, 7) is 0.277. The van der Waals surface area contributed by atoms with Crippen LogP contribution in [0.15, 0.2) is 63.4 Å². The number of anilines is 1. The lowest BCUT2D eigenvalue weighted by atomic mass is 10.2. The fourth-order valence-corrected chi connectivity index (χ4v) is 4.56. The fraction of sp³-hybridized carbons (Fsp3) is 0.0625. The average Bonchev–Trinajstić information content (AvgIpc) is 3.24. The summed E-state index contributed by atoms with van der Waals surface area (Å²) in [6, 6.07) is 12.6. The Morgan fingerprint density at radius 3 is 2.48 bits per heavy atom. The second-order valence-electron chi connectivity index (χ2n) is 5.00. The zero-order chi connectivity index (χ0) is 17.9. The molecule has 3 aromatic rings. The second kappa shape index (κ2) is 7.30. The highest BCUT2D eigenvalue weighted by atomic mass is 35.5. The van der Waals surface area contributed by atoms with Crippen LogP contribution in [0.25, 0.3) is 0 Å². The number of hydrogen-bond donors (Lipinski definition) is 2. The molecule has 6 nitrogen and oxygen atoms in total. The van der Waals surface area contributed by atoms with Gasteiger partial charge in [-0.2, -0.15) is 0 Å². The topological polar surface area (TPSA) is 88.4 Å². The minimum Gasteiger partial charge on any atom is -0.467 e. The van der Waals surface area contributed by atoms with Crippen LogP contribution in [0, 0.1) is 0 Å². The van der Waals surface area contributed by atoms with Crippen LogP contribution < -0.4 is 10.0 Å². The second-order valence-corrected chi connectivity index (χ2v) is 8.63. The third-order valence-electron chi connectivity index (χ3n) is 3.22. The maximum absolute atomic E-state index is 12.2. The Bertz CT molecular complexity index is 964. The minimum absolute atomic E-state index is 0.123. The molecule has 0 unspecified atom stereocenters. The predicted molar refractivity (Wildman–Crippen MR) is 96.5 cm³/mol. The predicted octanol–water partition coefficient (Wildman–Crippen LogP) is 3.73. The summed E-state index contributed by atoms with van der Waals surface area (Å²) in [5.41, 5.74) is 0.765. The van der Waals surface area contributed by atoms with E-state index in [-0.39, 0.29) is 16.7 Å². The number of carbonyl (C=O) groups is 1. The molecule has 0 bridgehead atoms. The van der Waals surface area contributed by atoms with E-state index in [1.807, 2.05) is 0 Å². The van der Waals surface area contributed by atoms with Crippen LogP contribution >= 0.6 is 22.9 Å². The monoisotopic (exact) mass is 396 g/mol. The smallest absolute Gasteiger partial charge is 0.271 e. The van der Waals surface area contributed by atoms with Crippen molar-refractivity contribution < 1.29 is 17.6 Å². The van der Waals surface area contributed by atoms with Gasteiger partial charge in [0.05, 0.1) is 17.1 Å². The first-order chi connectivity index (χ1) is 11.9. The zero-order valence-electron chi connectivity index (χ0n) is 12.7. The Balaban J connectivity index is 1.64. The first kappa shape index (κ1) is 17.5. The molecule has 130 valence electrons. The molecule has 2 aromatic heterocycles. The maximum Gasteiger partial charge on any atom is 0.271 e. The van der Waals surface area contributed by atoms with Crippen molar-refractivity contribution in [3.63, 3.8) is 0 Å². The molecular formula is C16H13ClN2O4S2. The van der Waals surface area contributed by atoms with Crippen LogP contribution in [0.2, 0.25) is 4.34 Å². The molecule has 9 heteroatoms. The quantitative estimate of drug-likeness (QED) is 0.664. The molecule has 25 heavy (non-hydrogen) atoms. The van der Waals surface area contributed by atoms with Crippen LogP contribution in [0.4, 0.5) is 5.69 Å². The molecule has 0 aliphatic rings. The van der Waals surface area contributed by atoms with Crippen molar-refractivity contribution in [2.45, 2.75) is 10.8 Å². The summed E-state index contributed by atoms with van der Waals surface area (Å²) in [5, 5.41) is 2.71. The number of halogens is 1.